The van der Waals surface area contributed by atoms with Gasteiger partial charge >= 0.3 is 0 Å². The summed E-state index contributed by atoms with van der Waals surface area (Å²) in [6.07, 6.45) is 0. The Morgan fingerprint density at radius 1 is 0.921 bits per heavy atom. The van der Waals surface area contributed by atoms with Gasteiger partial charge in [0, 0.05) is 19.2 Å². The van der Waals surface area contributed by atoms with Crippen molar-refractivity contribution in [3.8, 4) is 11.5 Å². The number of methoxy groups -OCH3 is 2. The van der Waals surface area contributed by atoms with Gasteiger partial charge in [-0.05, 0) is 72.9 Å². The Morgan fingerprint density at radius 2 is 1.63 bits per heavy atom. The van der Waals surface area contributed by atoms with Gasteiger partial charge in [0.25, 0.3) is 11.7 Å². The molecule has 0 radical (unpaired) electrons. The molecule has 1 atom stereocenters. The van der Waals surface area contributed by atoms with Gasteiger partial charge in [-0.2, -0.15) is 0 Å². The van der Waals surface area contributed by atoms with Crippen LogP contribution in [0.4, 0.5) is 0 Å². The molecule has 1 aliphatic heterocycles. The molecule has 1 saturated heterocycles. The lowest BCUT2D eigenvalue weighted by atomic mass is 9.93. The minimum Gasteiger partial charge on any atom is -0.507 e. The number of aliphatic hydroxyl groups excluding tert-OH is 1. The van der Waals surface area contributed by atoms with Crippen molar-refractivity contribution in [2.45, 2.75) is 33.4 Å². The molecule has 1 aliphatic rings. The quantitative estimate of drug-likeness (QED) is 0.238. The Morgan fingerprint density at radius 3 is 2.29 bits per heavy atom. The number of likely N-dealkylation sites (tertiary alicyclic amines) is 1. The normalized spacial score (nSPS) is 16.7. The summed E-state index contributed by atoms with van der Waals surface area (Å²) in [6, 6.07) is 18.1. The second kappa shape index (κ2) is 11.5. The van der Waals surface area contributed by atoms with E-state index in [1.54, 1.807) is 19.2 Å². The molecule has 1 N–H and O–H groups in total. The molecule has 1 heterocycles. The second-order valence-corrected chi connectivity index (χ2v) is 9.41. The Bertz CT molecular complexity index is 1380. The van der Waals surface area contributed by atoms with Crippen LogP contribution in [-0.2, 0) is 20.9 Å². The molecule has 4 rings (SSSR count). The predicted octanol–water partition coefficient (Wildman–Crippen LogP) is 5.27. The number of nitrogens with zero attached hydrogens (tertiary/aromatic N) is 1. The lowest BCUT2D eigenvalue weighted by molar-refractivity contribution is -0.140. The highest BCUT2D eigenvalue weighted by atomic mass is 16.5. The molecule has 7 nitrogen and oxygen atoms in total. The van der Waals surface area contributed by atoms with Gasteiger partial charge in [-0.1, -0.05) is 36.4 Å². The number of aliphatic hydroxyl groups is 1. The van der Waals surface area contributed by atoms with E-state index < -0.39 is 17.7 Å². The molecule has 0 aromatic heterocycles. The highest BCUT2D eigenvalue weighted by Crippen LogP contribution is 2.41. The van der Waals surface area contributed by atoms with Crippen LogP contribution < -0.4 is 9.47 Å². The third kappa shape index (κ3) is 5.29. The largest absolute Gasteiger partial charge is 0.507 e. The minimum atomic E-state index is -0.766. The Hall–Kier alpha value is -4.10. The summed E-state index contributed by atoms with van der Waals surface area (Å²) in [7, 11) is 3.12. The van der Waals surface area contributed by atoms with Gasteiger partial charge in [0.2, 0.25) is 0 Å². The molecule has 1 fully saturated rings. The van der Waals surface area contributed by atoms with E-state index in [-0.39, 0.29) is 24.5 Å². The zero-order chi connectivity index (χ0) is 27.4. The number of hydrogen-bond acceptors (Lipinski definition) is 6. The maximum absolute atomic E-state index is 13.3. The van der Waals surface area contributed by atoms with E-state index >= 15 is 0 Å². The zero-order valence-electron chi connectivity index (χ0n) is 22.4. The van der Waals surface area contributed by atoms with E-state index in [4.69, 9.17) is 14.2 Å². The van der Waals surface area contributed by atoms with Gasteiger partial charge < -0.3 is 24.2 Å². The van der Waals surface area contributed by atoms with Crippen LogP contribution in [0.3, 0.4) is 0 Å². The van der Waals surface area contributed by atoms with Crippen molar-refractivity contribution in [3.05, 3.63) is 99.6 Å². The highest BCUT2D eigenvalue weighted by molar-refractivity contribution is 6.46. The molecule has 1 unspecified atom stereocenters. The van der Waals surface area contributed by atoms with Crippen LogP contribution >= 0.6 is 0 Å². The number of Topliss-reactive ketones (excluding diaryl/α,β-unsaturated/α-hetero) is 1. The third-order valence-corrected chi connectivity index (χ3v) is 6.92. The first-order chi connectivity index (χ1) is 18.3. The summed E-state index contributed by atoms with van der Waals surface area (Å²) in [5.74, 6) is -0.269. The standard InChI is InChI=1S/C31H33NO6/c1-19-8-6-7-9-23(19)18-38-24-12-10-22(11-13-24)28-27(30(34)31(35)32(28)14-15-36-4)29(33)25-16-21(3)26(37-5)17-20(25)2/h6-13,16-17,28,33H,14-15,18H2,1-5H3/b29-27+. The van der Waals surface area contributed by atoms with Crippen molar-refractivity contribution in [2.24, 2.45) is 0 Å². The molecule has 0 aliphatic carbocycles. The summed E-state index contributed by atoms with van der Waals surface area (Å²) in [6.45, 7) is 6.61. The number of amides is 1. The number of benzene rings is 3. The van der Waals surface area contributed by atoms with Gasteiger partial charge in [0.1, 0.15) is 23.9 Å². The van der Waals surface area contributed by atoms with Crippen molar-refractivity contribution in [1.82, 2.24) is 4.90 Å². The topological polar surface area (TPSA) is 85.3 Å². The maximum atomic E-state index is 13.3. The maximum Gasteiger partial charge on any atom is 0.295 e. The number of hydrogen-bond donors (Lipinski definition) is 1. The van der Waals surface area contributed by atoms with Crippen molar-refractivity contribution >= 4 is 17.4 Å². The minimum absolute atomic E-state index is 0.0485. The zero-order valence-corrected chi connectivity index (χ0v) is 22.4. The van der Waals surface area contributed by atoms with Crippen LogP contribution in [-0.4, -0.2) is 49.1 Å². The molecular weight excluding hydrogens is 482 g/mol. The van der Waals surface area contributed by atoms with E-state index in [2.05, 4.69) is 0 Å². The smallest absolute Gasteiger partial charge is 0.295 e. The highest BCUT2D eigenvalue weighted by Gasteiger charge is 2.46. The van der Waals surface area contributed by atoms with Crippen molar-refractivity contribution in [3.63, 3.8) is 0 Å². The molecule has 198 valence electrons. The molecular formula is C31H33NO6. The van der Waals surface area contributed by atoms with E-state index in [1.165, 1.54) is 12.0 Å². The average Bonchev–Trinajstić information content (AvgIpc) is 3.17. The number of carbonyl (C=O) groups excluding carboxylic acids is 2. The first-order valence-corrected chi connectivity index (χ1v) is 12.5. The summed E-state index contributed by atoms with van der Waals surface area (Å²) in [4.78, 5) is 27.8. The molecule has 3 aromatic carbocycles. The van der Waals surface area contributed by atoms with Crippen molar-refractivity contribution < 1.29 is 28.9 Å². The van der Waals surface area contributed by atoms with Crippen molar-refractivity contribution in [1.29, 1.82) is 0 Å². The van der Waals surface area contributed by atoms with Crippen molar-refractivity contribution in [2.75, 3.05) is 27.4 Å². The summed E-state index contributed by atoms with van der Waals surface area (Å²) >= 11 is 0. The summed E-state index contributed by atoms with van der Waals surface area (Å²) in [5.41, 5.74) is 4.99. The molecule has 3 aromatic rings. The Labute approximate surface area is 223 Å². The molecule has 7 heteroatoms. The molecule has 0 saturated carbocycles. The lowest BCUT2D eigenvalue weighted by Gasteiger charge is -2.25. The Kier molecular flexibility index (Phi) is 8.17. The number of ether oxygens (including phenoxy) is 3. The second-order valence-electron chi connectivity index (χ2n) is 9.41. The number of rotatable bonds is 9. The average molecular weight is 516 g/mol. The summed E-state index contributed by atoms with van der Waals surface area (Å²) in [5, 5.41) is 11.4. The summed E-state index contributed by atoms with van der Waals surface area (Å²) < 4.78 is 16.6. The van der Waals surface area contributed by atoms with Crippen LogP contribution in [0, 0.1) is 20.8 Å². The fraction of sp³-hybridized carbons (Fsp3) is 0.290. The number of aryl methyl sites for hydroxylation is 3. The fourth-order valence-corrected chi connectivity index (χ4v) is 4.74. The van der Waals surface area contributed by atoms with Gasteiger partial charge in [-0.15, -0.1) is 0 Å². The van der Waals surface area contributed by atoms with Crippen LogP contribution in [0.5, 0.6) is 11.5 Å². The van der Waals surface area contributed by atoms with Crippen LogP contribution in [0.1, 0.15) is 39.4 Å². The lowest BCUT2D eigenvalue weighted by Crippen LogP contribution is -2.32. The van der Waals surface area contributed by atoms with Gasteiger partial charge in [0.05, 0.1) is 25.3 Å². The molecule has 38 heavy (non-hydrogen) atoms. The van der Waals surface area contributed by atoms with E-state index in [0.717, 1.165) is 22.3 Å². The molecule has 0 bridgehead atoms. The van der Waals surface area contributed by atoms with E-state index in [9.17, 15) is 14.7 Å². The number of carbonyl (C=O) groups is 2. The van der Waals surface area contributed by atoms with Crippen LogP contribution in [0.25, 0.3) is 5.76 Å². The Balaban J connectivity index is 1.72. The van der Waals surface area contributed by atoms with E-state index in [1.807, 2.05) is 69.3 Å². The first kappa shape index (κ1) is 26.9. The SMILES string of the molecule is COCCN1C(=O)C(=O)/C(=C(/O)c2cc(C)c(OC)cc2C)C1c1ccc(OCc2ccccc2C)cc1. The van der Waals surface area contributed by atoms with Gasteiger partial charge in [-0.3, -0.25) is 9.59 Å². The monoisotopic (exact) mass is 515 g/mol. The predicted molar refractivity (Wildman–Crippen MR) is 145 cm³/mol. The van der Waals surface area contributed by atoms with Crippen LogP contribution in [0.15, 0.2) is 66.2 Å². The van der Waals surface area contributed by atoms with Crippen LogP contribution in [0.2, 0.25) is 0 Å². The number of ketones is 1. The molecule has 1 amide bonds. The molecule has 0 spiro atoms. The first-order valence-electron chi connectivity index (χ1n) is 12.5. The van der Waals surface area contributed by atoms with Gasteiger partial charge in [-0.25, -0.2) is 0 Å². The van der Waals surface area contributed by atoms with Gasteiger partial charge in [0.15, 0.2) is 0 Å². The third-order valence-electron chi connectivity index (χ3n) is 6.92. The fourth-order valence-electron chi connectivity index (χ4n) is 4.74. The van der Waals surface area contributed by atoms with E-state index in [0.29, 0.717) is 29.2 Å².